The van der Waals surface area contributed by atoms with Gasteiger partial charge in [0.25, 0.3) is 0 Å². The third-order valence-corrected chi connectivity index (χ3v) is 2.97. The van der Waals surface area contributed by atoms with Gasteiger partial charge in [-0.15, -0.1) is 0 Å². The Balaban J connectivity index is 2.33. The first-order valence-corrected chi connectivity index (χ1v) is 5.34. The van der Waals surface area contributed by atoms with Crippen LogP contribution in [0.5, 0.6) is 0 Å². The molecule has 0 aromatic heterocycles. The molecule has 0 radical (unpaired) electrons. The zero-order valence-corrected chi connectivity index (χ0v) is 8.82. The minimum Gasteiger partial charge on any atom is -0.317 e. The minimum atomic E-state index is -0.389. The van der Waals surface area contributed by atoms with Crippen molar-refractivity contribution >= 4 is 0 Å². The molecule has 1 aromatic carbocycles. The Hall–Kier alpha value is -0.960. The number of halogens is 2. The van der Waals surface area contributed by atoms with E-state index in [0.29, 0.717) is 5.56 Å². The maximum atomic E-state index is 13.6. The lowest BCUT2D eigenvalue weighted by atomic mass is 9.89. The normalized spacial score (nSPS) is 18.1. The van der Waals surface area contributed by atoms with Crippen molar-refractivity contribution in [1.82, 2.24) is 5.32 Å². The van der Waals surface area contributed by atoms with Crippen molar-refractivity contribution in [2.75, 3.05) is 13.1 Å². The molecule has 1 aliphatic heterocycles. The molecule has 0 atom stereocenters. The van der Waals surface area contributed by atoms with E-state index < -0.39 is 0 Å². The Kier molecular flexibility index (Phi) is 3.00. The fraction of sp³-hybridized carbons (Fsp3) is 0.500. The van der Waals surface area contributed by atoms with E-state index in [1.807, 2.05) is 0 Å². The van der Waals surface area contributed by atoms with Crippen LogP contribution in [-0.2, 0) is 0 Å². The molecule has 82 valence electrons. The SMILES string of the molecule is Cc1cc(F)c(C2CCNCC2)c(F)c1. The molecule has 1 heterocycles. The molecule has 1 aromatic rings. The summed E-state index contributed by atoms with van der Waals surface area (Å²) < 4.78 is 27.3. The largest absolute Gasteiger partial charge is 0.317 e. The summed E-state index contributed by atoms with van der Waals surface area (Å²) in [5.74, 6) is -0.745. The van der Waals surface area contributed by atoms with E-state index in [-0.39, 0.29) is 23.1 Å². The van der Waals surface area contributed by atoms with Gasteiger partial charge < -0.3 is 5.32 Å². The predicted octanol–water partition coefficient (Wildman–Crippen LogP) is 2.74. The van der Waals surface area contributed by atoms with E-state index >= 15 is 0 Å². The number of benzene rings is 1. The van der Waals surface area contributed by atoms with E-state index in [0.717, 1.165) is 25.9 Å². The topological polar surface area (TPSA) is 12.0 Å². The van der Waals surface area contributed by atoms with Gasteiger partial charge in [0.2, 0.25) is 0 Å². The molecule has 15 heavy (non-hydrogen) atoms. The van der Waals surface area contributed by atoms with Gasteiger partial charge in [0.15, 0.2) is 0 Å². The molecule has 1 nitrogen and oxygen atoms in total. The molecule has 0 bridgehead atoms. The fourth-order valence-corrected chi connectivity index (χ4v) is 2.21. The number of hydrogen-bond acceptors (Lipinski definition) is 1. The Labute approximate surface area is 88.5 Å². The molecule has 0 amide bonds. The first kappa shape index (κ1) is 10.6. The monoisotopic (exact) mass is 211 g/mol. The van der Waals surface area contributed by atoms with Gasteiger partial charge in [-0.3, -0.25) is 0 Å². The summed E-state index contributed by atoms with van der Waals surface area (Å²) in [5, 5.41) is 3.19. The van der Waals surface area contributed by atoms with Crippen LogP contribution in [0.1, 0.15) is 29.9 Å². The Morgan fingerprint density at radius 3 is 2.20 bits per heavy atom. The molecule has 1 fully saturated rings. The van der Waals surface area contributed by atoms with Gasteiger partial charge in [0, 0.05) is 5.56 Å². The lowest BCUT2D eigenvalue weighted by molar-refractivity contribution is 0.426. The van der Waals surface area contributed by atoms with Crippen molar-refractivity contribution in [2.45, 2.75) is 25.7 Å². The highest BCUT2D eigenvalue weighted by molar-refractivity contribution is 5.28. The smallest absolute Gasteiger partial charge is 0.129 e. The molecule has 3 heteroatoms. The van der Waals surface area contributed by atoms with Crippen LogP contribution in [0.3, 0.4) is 0 Å². The van der Waals surface area contributed by atoms with E-state index in [9.17, 15) is 8.78 Å². The van der Waals surface area contributed by atoms with E-state index in [4.69, 9.17) is 0 Å². The third-order valence-electron chi connectivity index (χ3n) is 2.97. The van der Waals surface area contributed by atoms with Crippen LogP contribution < -0.4 is 5.32 Å². The van der Waals surface area contributed by atoms with Crippen LogP contribution in [0, 0.1) is 18.6 Å². The van der Waals surface area contributed by atoms with Crippen molar-refractivity contribution in [3.8, 4) is 0 Å². The zero-order chi connectivity index (χ0) is 10.8. The standard InChI is InChI=1S/C12H15F2N/c1-8-6-10(13)12(11(14)7-8)9-2-4-15-5-3-9/h6-7,9,15H,2-5H2,1H3. The zero-order valence-electron chi connectivity index (χ0n) is 8.82. The maximum Gasteiger partial charge on any atom is 0.129 e. The first-order chi connectivity index (χ1) is 7.18. The summed E-state index contributed by atoms with van der Waals surface area (Å²) in [4.78, 5) is 0. The summed E-state index contributed by atoms with van der Waals surface area (Å²) in [6.07, 6.45) is 1.63. The number of piperidine rings is 1. The van der Waals surface area contributed by atoms with Crippen molar-refractivity contribution in [3.05, 3.63) is 34.9 Å². The molecule has 0 unspecified atom stereocenters. The predicted molar refractivity (Wildman–Crippen MR) is 55.9 cm³/mol. The lowest BCUT2D eigenvalue weighted by Crippen LogP contribution is -2.27. The average Bonchev–Trinajstić information content (AvgIpc) is 2.17. The summed E-state index contributed by atoms with van der Waals surface area (Å²) in [6.45, 7) is 3.40. The highest BCUT2D eigenvalue weighted by Gasteiger charge is 2.22. The van der Waals surface area contributed by atoms with Crippen LogP contribution in [0.2, 0.25) is 0 Å². The summed E-state index contributed by atoms with van der Waals surface area (Å²) >= 11 is 0. The van der Waals surface area contributed by atoms with Gasteiger partial charge in [-0.05, 0) is 56.5 Å². The third kappa shape index (κ3) is 2.17. The van der Waals surface area contributed by atoms with Crippen molar-refractivity contribution in [2.24, 2.45) is 0 Å². The maximum absolute atomic E-state index is 13.6. The van der Waals surface area contributed by atoms with E-state index in [2.05, 4.69) is 5.32 Å². The summed E-state index contributed by atoms with van der Waals surface area (Å²) in [6, 6.07) is 2.83. The Bertz CT molecular complexity index is 334. The number of hydrogen-bond donors (Lipinski definition) is 1. The molecular formula is C12H15F2N. The van der Waals surface area contributed by atoms with Crippen molar-refractivity contribution in [3.63, 3.8) is 0 Å². The Morgan fingerprint density at radius 1 is 1.13 bits per heavy atom. The quantitative estimate of drug-likeness (QED) is 0.753. The molecule has 1 aliphatic rings. The van der Waals surface area contributed by atoms with Gasteiger partial charge in [-0.2, -0.15) is 0 Å². The van der Waals surface area contributed by atoms with E-state index in [1.54, 1.807) is 6.92 Å². The number of nitrogens with one attached hydrogen (secondary N) is 1. The second-order valence-electron chi connectivity index (χ2n) is 4.17. The molecular weight excluding hydrogens is 196 g/mol. The summed E-state index contributed by atoms with van der Waals surface area (Å²) in [5.41, 5.74) is 0.921. The van der Waals surface area contributed by atoms with Crippen LogP contribution >= 0.6 is 0 Å². The number of aryl methyl sites for hydroxylation is 1. The first-order valence-electron chi connectivity index (χ1n) is 5.34. The molecule has 0 saturated carbocycles. The van der Waals surface area contributed by atoms with Crippen molar-refractivity contribution < 1.29 is 8.78 Å². The van der Waals surface area contributed by atoms with Gasteiger partial charge in [-0.25, -0.2) is 8.78 Å². The minimum absolute atomic E-state index is 0.0341. The lowest BCUT2D eigenvalue weighted by Gasteiger charge is -2.23. The molecule has 2 rings (SSSR count). The van der Waals surface area contributed by atoms with Crippen LogP contribution in [0.4, 0.5) is 8.78 Å². The van der Waals surface area contributed by atoms with Crippen molar-refractivity contribution in [1.29, 1.82) is 0 Å². The van der Waals surface area contributed by atoms with Crippen LogP contribution in [0.25, 0.3) is 0 Å². The second-order valence-corrected chi connectivity index (χ2v) is 4.17. The van der Waals surface area contributed by atoms with Gasteiger partial charge in [0.05, 0.1) is 0 Å². The molecule has 0 aliphatic carbocycles. The Morgan fingerprint density at radius 2 is 1.67 bits per heavy atom. The van der Waals surface area contributed by atoms with Gasteiger partial charge >= 0.3 is 0 Å². The summed E-state index contributed by atoms with van der Waals surface area (Å²) in [7, 11) is 0. The average molecular weight is 211 g/mol. The van der Waals surface area contributed by atoms with Crippen LogP contribution in [0.15, 0.2) is 12.1 Å². The molecule has 1 N–H and O–H groups in total. The molecule has 1 saturated heterocycles. The van der Waals surface area contributed by atoms with E-state index in [1.165, 1.54) is 12.1 Å². The van der Waals surface area contributed by atoms with Crippen LogP contribution in [-0.4, -0.2) is 13.1 Å². The number of rotatable bonds is 1. The highest BCUT2D eigenvalue weighted by atomic mass is 19.1. The van der Waals surface area contributed by atoms with Gasteiger partial charge in [0.1, 0.15) is 11.6 Å². The highest BCUT2D eigenvalue weighted by Crippen LogP contribution is 2.30. The van der Waals surface area contributed by atoms with Gasteiger partial charge in [-0.1, -0.05) is 0 Å². The second kappa shape index (κ2) is 4.27. The fourth-order valence-electron chi connectivity index (χ4n) is 2.21. The molecule has 0 spiro atoms.